The third-order valence-electron chi connectivity index (χ3n) is 2.53. The minimum Gasteiger partial charge on any atom is -0.377 e. The summed E-state index contributed by atoms with van der Waals surface area (Å²) in [7, 11) is 0. The summed E-state index contributed by atoms with van der Waals surface area (Å²) in [6.07, 6.45) is 2.68. The largest absolute Gasteiger partial charge is 0.377 e. The first-order valence-electron chi connectivity index (χ1n) is 5.24. The van der Waals surface area contributed by atoms with Gasteiger partial charge in [0.15, 0.2) is 0 Å². The van der Waals surface area contributed by atoms with Crippen LogP contribution in [-0.2, 0) is 4.74 Å². The molecule has 1 aromatic rings. The van der Waals surface area contributed by atoms with E-state index in [1.165, 1.54) is 12.3 Å². The van der Waals surface area contributed by atoms with Gasteiger partial charge in [0, 0.05) is 37.6 Å². The number of hydrogen-bond donors (Lipinski definition) is 0. The van der Waals surface area contributed by atoms with Gasteiger partial charge in [-0.3, -0.25) is 0 Å². The summed E-state index contributed by atoms with van der Waals surface area (Å²) in [5, 5.41) is 0. The fourth-order valence-electron chi connectivity index (χ4n) is 1.82. The Morgan fingerprint density at radius 3 is 3.27 bits per heavy atom. The highest BCUT2D eigenvalue weighted by molar-refractivity contribution is 5.45. The summed E-state index contributed by atoms with van der Waals surface area (Å²) in [4.78, 5) is 5.69. The van der Waals surface area contributed by atoms with E-state index in [-0.39, 0.29) is 6.10 Å². The number of hydrogen-bond acceptors (Lipinski definition) is 3. The van der Waals surface area contributed by atoms with Crippen molar-refractivity contribution in [3.8, 4) is 0 Å². The topological polar surface area (TPSA) is 25.4 Å². The molecule has 82 valence electrons. The zero-order chi connectivity index (χ0) is 10.7. The molecule has 1 unspecified atom stereocenters. The molecule has 0 amide bonds. The van der Waals surface area contributed by atoms with E-state index in [4.69, 9.17) is 4.74 Å². The molecule has 1 atom stereocenters. The van der Waals surface area contributed by atoms with Gasteiger partial charge in [-0.05, 0) is 19.4 Å². The number of anilines is 1. The second-order valence-corrected chi connectivity index (χ2v) is 3.82. The van der Waals surface area contributed by atoms with Crippen LogP contribution in [0.15, 0.2) is 18.3 Å². The second kappa shape index (κ2) is 4.57. The molecule has 0 radical (unpaired) electrons. The van der Waals surface area contributed by atoms with E-state index in [9.17, 15) is 4.39 Å². The lowest BCUT2D eigenvalue weighted by atomic mass is 10.3. The van der Waals surface area contributed by atoms with E-state index >= 15 is 0 Å². The standard InChI is InChI=1S/C11H15FN2O/c1-9-8-14(5-2-6-15-9)10-3-4-13-11(12)7-10/h3-4,7,9H,2,5-6,8H2,1H3. The van der Waals surface area contributed by atoms with Crippen LogP contribution in [0.3, 0.4) is 0 Å². The summed E-state index contributed by atoms with van der Waals surface area (Å²) in [6.45, 7) is 4.54. The Kier molecular flexibility index (Phi) is 3.16. The minimum absolute atomic E-state index is 0.198. The highest BCUT2D eigenvalue weighted by Crippen LogP contribution is 2.17. The number of aromatic nitrogens is 1. The maximum atomic E-state index is 13.0. The first kappa shape index (κ1) is 10.4. The maximum absolute atomic E-state index is 13.0. The van der Waals surface area contributed by atoms with Crippen LogP contribution >= 0.6 is 0 Å². The monoisotopic (exact) mass is 210 g/mol. The van der Waals surface area contributed by atoms with Crippen LogP contribution in [0.2, 0.25) is 0 Å². The van der Waals surface area contributed by atoms with Crippen LogP contribution in [0, 0.1) is 5.95 Å². The molecule has 1 aliphatic rings. The van der Waals surface area contributed by atoms with E-state index in [0.29, 0.717) is 0 Å². The summed E-state index contributed by atoms with van der Waals surface area (Å²) >= 11 is 0. The third-order valence-corrected chi connectivity index (χ3v) is 2.53. The Balaban J connectivity index is 2.14. The third kappa shape index (κ3) is 2.65. The Bertz CT molecular complexity index is 332. The molecule has 1 fully saturated rings. The van der Waals surface area contributed by atoms with Crippen molar-refractivity contribution in [1.82, 2.24) is 4.98 Å². The second-order valence-electron chi connectivity index (χ2n) is 3.82. The van der Waals surface area contributed by atoms with E-state index < -0.39 is 5.95 Å². The van der Waals surface area contributed by atoms with Gasteiger partial charge in [-0.15, -0.1) is 0 Å². The van der Waals surface area contributed by atoms with Crippen LogP contribution in [0.25, 0.3) is 0 Å². The van der Waals surface area contributed by atoms with E-state index in [2.05, 4.69) is 9.88 Å². The molecule has 0 aliphatic carbocycles. The quantitative estimate of drug-likeness (QED) is 0.661. The fraction of sp³-hybridized carbons (Fsp3) is 0.545. The van der Waals surface area contributed by atoms with Gasteiger partial charge >= 0.3 is 0 Å². The lowest BCUT2D eigenvalue weighted by molar-refractivity contribution is 0.0821. The van der Waals surface area contributed by atoms with Gasteiger partial charge in [-0.25, -0.2) is 4.98 Å². The van der Waals surface area contributed by atoms with Crippen LogP contribution in [0.5, 0.6) is 0 Å². The summed E-state index contributed by atoms with van der Waals surface area (Å²) in [5.41, 5.74) is 0.889. The fourth-order valence-corrected chi connectivity index (χ4v) is 1.82. The molecular weight excluding hydrogens is 195 g/mol. The molecule has 1 aromatic heterocycles. The SMILES string of the molecule is CC1CN(c2ccnc(F)c2)CCCO1. The number of nitrogens with zero attached hydrogens (tertiary/aromatic N) is 2. The molecule has 0 N–H and O–H groups in total. The van der Waals surface area contributed by atoms with E-state index in [1.54, 1.807) is 0 Å². The van der Waals surface area contributed by atoms with Crippen LogP contribution < -0.4 is 4.90 Å². The van der Waals surface area contributed by atoms with E-state index in [1.807, 2.05) is 13.0 Å². The Labute approximate surface area is 88.9 Å². The van der Waals surface area contributed by atoms with Gasteiger partial charge in [0.25, 0.3) is 0 Å². The van der Waals surface area contributed by atoms with Crippen molar-refractivity contribution in [2.24, 2.45) is 0 Å². The molecule has 3 nitrogen and oxygen atoms in total. The smallest absolute Gasteiger partial charge is 0.214 e. The average Bonchev–Trinajstić information content (AvgIpc) is 2.43. The van der Waals surface area contributed by atoms with Crippen LogP contribution in [0.4, 0.5) is 10.1 Å². The van der Waals surface area contributed by atoms with Crippen molar-refractivity contribution in [3.05, 3.63) is 24.3 Å². The predicted octanol–water partition coefficient (Wildman–Crippen LogP) is 1.84. The summed E-state index contributed by atoms with van der Waals surface area (Å²) in [5.74, 6) is -0.426. The summed E-state index contributed by atoms with van der Waals surface area (Å²) in [6, 6.07) is 3.30. The zero-order valence-electron chi connectivity index (χ0n) is 8.82. The molecule has 0 saturated carbocycles. The van der Waals surface area contributed by atoms with Crippen LogP contribution in [0.1, 0.15) is 13.3 Å². The van der Waals surface area contributed by atoms with Crippen LogP contribution in [-0.4, -0.2) is 30.8 Å². The van der Waals surface area contributed by atoms with Crippen molar-refractivity contribution in [2.75, 3.05) is 24.6 Å². The Morgan fingerprint density at radius 2 is 2.47 bits per heavy atom. The molecule has 1 aliphatic heterocycles. The average molecular weight is 210 g/mol. The van der Waals surface area contributed by atoms with Gasteiger partial charge < -0.3 is 9.64 Å². The molecule has 2 heterocycles. The molecule has 15 heavy (non-hydrogen) atoms. The lowest BCUT2D eigenvalue weighted by Crippen LogP contribution is -2.30. The molecule has 0 aromatic carbocycles. The highest BCUT2D eigenvalue weighted by Gasteiger charge is 2.15. The molecular formula is C11H15FN2O. The Morgan fingerprint density at radius 1 is 1.60 bits per heavy atom. The predicted molar refractivity (Wildman–Crippen MR) is 56.4 cm³/mol. The summed E-state index contributed by atoms with van der Waals surface area (Å²) < 4.78 is 18.5. The van der Waals surface area contributed by atoms with Crippen molar-refractivity contribution >= 4 is 5.69 Å². The molecule has 2 rings (SSSR count). The van der Waals surface area contributed by atoms with Crippen molar-refractivity contribution in [2.45, 2.75) is 19.4 Å². The number of ether oxygens (including phenoxy) is 1. The van der Waals surface area contributed by atoms with E-state index in [0.717, 1.165) is 31.8 Å². The van der Waals surface area contributed by atoms with Gasteiger partial charge in [0.2, 0.25) is 5.95 Å². The van der Waals surface area contributed by atoms with Crippen molar-refractivity contribution in [3.63, 3.8) is 0 Å². The Hall–Kier alpha value is -1.16. The highest BCUT2D eigenvalue weighted by atomic mass is 19.1. The molecule has 4 heteroatoms. The number of rotatable bonds is 1. The molecule has 0 spiro atoms. The maximum Gasteiger partial charge on any atom is 0.214 e. The van der Waals surface area contributed by atoms with Gasteiger partial charge in [0.05, 0.1) is 6.10 Å². The minimum atomic E-state index is -0.426. The van der Waals surface area contributed by atoms with Gasteiger partial charge in [-0.1, -0.05) is 0 Å². The first-order chi connectivity index (χ1) is 7.25. The van der Waals surface area contributed by atoms with Crippen molar-refractivity contribution in [1.29, 1.82) is 0 Å². The lowest BCUT2D eigenvalue weighted by Gasteiger charge is -2.23. The molecule has 0 bridgehead atoms. The van der Waals surface area contributed by atoms with Gasteiger partial charge in [-0.2, -0.15) is 4.39 Å². The first-order valence-corrected chi connectivity index (χ1v) is 5.24. The number of pyridine rings is 1. The number of halogens is 1. The zero-order valence-corrected chi connectivity index (χ0v) is 8.82. The van der Waals surface area contributed by atoms with Crippen molar-refractivity contribution < 1.29 is 9.13 Å². The normalized spacial score (nSPS) is 22.5. The van der Waals surface area contributed by atoms with Gasteiger partial charge in [0.1, 0.15) is 0 Å². The molecule has 1 saturated heterocycles.